The lowest BCUT2D eigenvalue weighted by Gasteiger charge is -2.46. The first-order valence-electron chi connectivity index (χ1n) is 8.01. The van der Waals surface area contributed by atoms with Gasteiger partial charge in [0.25, 0.3) is 0 Å². The average Bonchev–Trinajstić information content (AvgIpc) is 2.47. The molecular weight excluding hydrogens is 280 g/mol. The highest BCUT2D eigenvalue weighted by Gasteiger charge is 2.40. The van der Waals surface area contributed by atoms with Gasteiger partial charge in [-0.15, -0.1) is 0 Å². The summed E-state index contributed by atoms with van der Waals surface area (Å²) in [7, 11) is 0. The fourth-order valence-corrected chi connectivity index (χ4v) is 3.54. The standard InChI is InChI=1S/C16H24N4O2/c1-12-9-15(18-11-17-12)20-6-4-16(5-7-20)10-14(3-8-22-16)19-13(2)21/h9,11,14H,3-8,10H2,1-2H3,(H,19,21)/t14-/m1/s1. The third-order valence-corrected chi connectivity index (χ3v) is 4.69. The number of ether oxygens (including phenoxy) is 1. The van der Waals surface area contributed by atoms with Gasteiger partial charge in [-0.2, -0.15) is 0 Å². The zero-order chi connectivity index (χ0) is 15.6. The van der Waals surface area contributed by atoms with Crippen molar-refractivity contribution in [3.63, 3.8) is 0 Å². The second kappa shape index (κ2) is 6.20. The monoisotopic (exact) mass is 304 g/mol. The molecule has 3 rings (SSSR count). The van der Waals surface area contributed by atoms with Gasteiger partial charge in [0.15, 0.2) is 0 Å². The molecule has 22 heavy (non-hydrogen) atoms. The molecule has 1 N–H and O–H groups in total. The molecule has 1 spiro atoms. The summed E-state index contributed by atoms with van der Waals surface area (Å²) < 4.78 is 6.12. The first kappa shape index (κ1) is 15.2. The lowest BCUT2D eigenvalue weighted by molar-refractivity contribution is -0.125. The Labute approximate surface area is 131 Å². The van der Waals surface area contributed by atoms with Crippen LogP contribution in [0.25, 0.3) is 0 Å². The van der Waals surface area contributed by atoms with E-state index in [4.69, 9.17) is 4.74 Å². The van der Waals surface area contributed by atoms with Crippen molar-refractivity contribution < 1.29 is 9.53 Å². The number of rotatable bonds is 2. The second-order valence-corrected chi connectivity index (χ2v) is 6.43. The predicted molar refractivity (Wildman–Crippen MR) is 83.7 cm³/mol. The molecule has 0 aliphatic carbocycles. The van der Waals surface area contributed by atoms with Crippen molar-refractivity contribution in [1.82, 2.24) is 15.3 Å². The van der Waals surface area contributed by atoms with Crippen molar-refractivity contribution in [3.05, 3.63) is 18.1 Å². The number of aryl methyl sites for hydroxylation is 1. The van der Waals surface area contributed by atoms with Crippen LogP contribution >= 0.6 is 0 Å². The largest absolute Gasteiger partial charge is 0.375 e. The van der Waals surface area contributed by atoms with Crippen LogP contribution in [0, 0.1) is 6.92 Å². The molecule has 0 aromatic carbocycles. The highest BCUT2D eigenvalue weighted by Crippen LogP contribution is 2.36. The van der Waals surface area contributed by atoms with E-state index in [1.165, 1.54) is 0 Å². The van der Waals surface area contributed by atoms with E-state index < -0.39 is 0 Å². The molecule has 1 aromatic heterocycles. The van der Waals surface area contributed by atoms with Gasteiger partial charge in [0.1, 0.15) is 12.1 Å². The van der Waals surface area contributed by atoms with Crippen LogP contribution in [0.4, 0.5) is 5.82 Å². The van der Waals surface area contributed by atoms with Crippen LogP contribution in [0.3, 0.4) is 0 Å². The Morgan fingerprint density at radius 3 is 2.86 bits per heavy atom. The van der Waals surface area contributed by atoms with Gasteiger partial charge in [-0.3, -0.25) is 4.79 Å². The van der Waals surface area contributed by atoms with Crippen molar-refractivity contribution in [3.8, 4) is 0 Å². The molecule has 1 amide bonds. The quantitative estimate of drug-likeness (QED) is 0.895. The summed E-state index contributed by atoms with van der Waals surface area (Å²) in [6, 6.07) is 2.28. The topological polar surface area (TPSA) is 67.3 Å². The molecule has 2 aliphatic rings. The van der Waals surface area contributed by atoms with Gasteiger partial charge in [0.2, 0.25) is 5.91 Å². The molecule has 0 radical (unpaired) electrons. The second-order valence-electron chi connectivity index (χ2n) is 6.43. The molecule has 6 heteroatoms. The number of aromatic nitrogens is 2. The Bertz CT molecular complexity index is 541. The lowest BCUT2D eigenvalue weighted by atomic mass is 9.82. The van der Waals surface area contributed by atoms with Gasteiger partial charge >= 0.3 is 0 Å². The highest BCUT2D eigenvalue weighted by molar-refractivity contribution is 5.73. The molecular formula is C16H24N4O2. The maximum atomic E-state index is 11.3. The lowest BCUT2D eigenvalue weighted by Crippen LogP contribution is -2.53. The van der Waals surface area contributed by atoms with Gasteiger partial charge in [0.05, 0.1) is 5.60 Å². The summed E-state index contributed by atoms with van der Waals surface area (Å²) in [5.41, 5.74) is 0.911. The molecule has 6 nitrogen and oxygen atoms in total. The summed E-state index contributed by atoms with van der Waals surface area (Å²) in [6.07, 6.45) is 5.41. The van der Waals surface area contributed by atoms with Crippen LogP contribution in [-0.4, -0.2) is 47.2 Å². The zero-order valence-electron chi connectivity index (χ0n) is 13.3. The van der Waals surface area contributed by atoms with Gasteiger partial charge in [-0.05, 0) is 32.6 Å². The smallest absolute Gasteiger partial charge is 0.217 e. The fourth-order valence-electron chi connectivity index (χ4n) is 3.54. The maximum Gasteiger partial charge on any atom is 0.217 e. The molecule has 0 unspecified atom stereocenters. The summed E-state index contributed by atoms with van der Waals surface area (Å²) >= 11 is 0. The third kappa shape index (κ3) is 3.38. The minimum Gasteiger partial charge on any atom is -0.375 e. The number of hydrogen-bond donors (Lipinski definition) is 1. The van der Waals surface area contributed by atoms with Gasteiger partial charge < -0.3 is 15.0 Å². The number of carbonyl (C=O) groups is 1. The van der Waals surface area contributed by atoms with E-state index in [0.717, 1.165) is 56.9 Å². The molecule has 2 saturated heterocycles. The summed E-state index contributed by atoms with van der Waals surface area (Å²) in [6.45, 7) is 6.17. The molecule has 0 bridgehead atoms. The number of anilines is 1. The minimum atomic E-state index is -0.0794. The molecule has 2 aliphatic heterocycles. The SMILES string of the molecule is CC(=O)N[C@@H]1CCOC2(CCN(c3cc(C)ncn3)CC2)C1. The Morgan fingerprint density at radius 1 is 1.41 bits per heavy atom. The van der Waals surface area contributed by atoms with E-state index >= 15 is 0 Å². The van der Waals surface area contributed by atoms with Crippen LogP contribution in [0.2, 0.25) is 0 Å². The number of amides is 1. The highest BCUT2D eigenvalue weighted by atomic mass is 16.5. The molecule has 3 heterocycles. The first-order valence-corrected chi connectivity index (χ1v) is 8.01. The van der Waals surface area contributed by atoms with E-state index in [0.29, 0.717) is 0 Å². The molecule has 2 fully saturated rings. The van der Waals surface area contributed by atoms with Crippen LogP contribution in [-0.2, 0) is 9.53 Å². The fraction of sp³-hybridized carbons (Fsp3) is 0.688. The molecule has 120 valence electrons. The van der Waals surface area contributed by atoms with Crippen molar-refractivity contribution >= 4 is 11.7 Å². The number of piperidine rings is 1. The van der Waals surface area contributed by atoms with E-state index in [1.807, 2.05) is 13.0 Å². The average molecular weight is 304 g/mol. The van der Waals surface area contributed by atoms with E-state index in [-0.39, 0.29) is 17.6 Å². The summed E-state index contributed by atoms with van der Waals surface area (Å²) in [5.74, 6) is 1.05. The minimum absolute atomic E-state index is 0.0518. The van der Waals surface area contributed by atoms with Crippen molar-refractivity contribution in [2.45, 2.75) is 51.2 Å². The normalized spacial score (nSPS) is 24.3. The molecule has 1 atom stereocenters. The van der Waals surface area contributed by atoms with E-state index in [2.05, 4.69) is 20.2 Å². The van der Waals surface area contributed by atoms with Crippen molar-refractivity contribution in [2.24, 2.45) is 0 Å². The van der Waals surface area contributed by atoms with Crippen LogP contribution in [0.5, 0.6) is 0 Å². The number of nitrogens with one attached hydrogen (secondary N) is 1. The van der Waals surface area contributed by atoms with Gasteiger partial charge in [0, 0.05) is 44.4 Å². The van der Waals surface area contributed by atoms with Crippen molar-refractivity contribution in [1.29, 1.82) is 0 Å². The van der Waals surface area contributed by atoms with E-state index in [9.17, 15) is 4.79 Å². The van der Waals surface area contributed by atoms with Crippen LogP contribution < -0.4 is 10.2 Å². The Kier molecular flexibility index (Phi) is 4.29. The number of hydrogen-bond acceptors (Lipinski definition) is 5. The van der Waals surface area contributed by atoms with Gasteiger partial charge in [-0.25, -0.2) is 9.97 Å². The van der Waals surface area contributed by atoms with Crippen molar-refractivity contribution in [2.75, 3.05) is 24.6 Å². The molecule has 0 saturated carbocycles. The Morgan fingerprint density at radius 2 is 2.18 bits per heavy atom. The number of carbonyl (C=O) groups excluding carboxylic acids is 1. The first-order chi connectivity index (χ1) is 10.6. The zero-order valence-corrected chi connectivity index (χ0v) is 13.3. The third-order valence-electron chi connectivity index (χ3n) is 4.69. The van der Waals surface area contributed by atoms with Crippen LogP contribution in [0.15, 0.2) is 12.4 Å². The van der Waals surface area contributed by atoms with E-state index in [1.54, 1.807) is 13.3 Å². The predicted octanol–water partition coefficient (Wildman–Crippen LogP) is 1.44. The van der Waals surface area contributed by atoms with Gasteiger partial charge in [-0.1, -0.05) is 0 Å². The molecule has 1 aromatic rings. The Hall–Kier alpha value is -1.69. The Balaban J connectivity index is 1.62. The maximum absolute atomic E-state index is 11.3. The van der Waals surface area contributed by atoms with Crippen LogP contribution in [0.1, 0.15) is 38.3 Å². The number of nitrogens with zero attached hydrogens (tertiary/aromatic N) is 3. The summed E-state index contributed by atoms with van der Waals surface area (Å²) in [5, 5.41) is 3.05. The summed E-state index contributed by atoms with van der Waals surface area (Å²) in [4.78, 5) is 22.1.